The van der Waals surface area contributed by atoms with E-state index in [-0.39, 0.29) is 5.75 Å². The van der Waals surface area contributed by atoms with Crippen molar-refractivity contribution in [3.8, 4) is 0 Å². The normalized spacial score (nSPS) is 12.8. The Morgan fingerprint density at radius 1 is 1.69 bits per heavy atom. The Morgan fingerprint density at radius 2 is 2.38 bits per heavy atom. The van der Waals surface area contributed by atoms with Crippen molar-refractivity contribution in [1.82, 2.24) is 4.98 Å². The van der Waals surface area contributed by atoms with Crippen LogP contribution in [0.15, 0.2) is 11.6 Å². The summed E-state index contributed by atoms with van der Waals surface area (Å²) in [5.41, 5.74) is 0. The predicted octanol–water partition coefficient (Wildman–Crippen LogP) is 1.99. The highest BCUT2D eigenvalue weighted by Gasteiger charge is 2.26. The summed E-state index contributed by atoms with van der Waals surface area (Å²) in [7, 11) is 0. The molecule has 0 aliphatic rings. The molecule has 1 N–H and O–H groups in total. The number of hydrogen-bond acceptors (Lipinski definition) is 5. The number of aromatic nitrogens is 1. The van der Waals surface area contributed by atoms with Gasteiger partial charge in [-0.2, -0.15) is 12.6 Å². The number of hydrogen-bond donors (Lipinski definition) is 2. The number of carbonyl (C=O) groups is 1. The Kier molecular flexibility index (Phi) is 5.08. The quantitative estimate of drug-likeness (QED) is 0.768. The molecule has 1 atom stereocenters. The van der Waals surface area contributed by atoms with Gasteiger partial charge < -0.3 is 10.0 Å². The summed E-state index contributed by atoms with van der Waals surface area (Å²) >= 11 is 5.55. The van der Waals surface area contributed by atoms with Crippen LogP contribution in [-0.4, -0.2) is 34.4 Å². The van der Waals surface area contributed by atoms with Gasteiger partial charge in [0.2, 0.25) is 0 Å². The maximum atomic E-state index is 11.1. The molecule has 0 saturated heterocycles. The van der Waals surface area contributed by atoms with E-state index in [0.717, 1.165) is 5.13 Å². The first kappa shape index (κ1) is 13.3. The zero-order chi connectivity index (χ0) is 12.1. The fourth-order valence-corrected chi connectivity index (χ4v) is 2.46. The van der Waals surface area contributed by atoms with Gasteiger partial charge >= 0.3 is 5.97 Å². The largest absolute Gasteiger partial charge is 0.480 e. The lowest BCUT2D eigenvalue weighted by Gasteiger charge is -2.29. The van der Waals surface area contributed by atoms with Crippen LogP contribution in [0.4, 0.5) is 5.13 Å². The number of thiazole rings is 1. The number of anilines is 1. The van der Waals surface area contributed by atoms with E-state index < -0.39 is 12.0 Å². The van der Waals surface area contributed by atoms with E-state index in [1.54, 1.807) is 6.20 Å². The number of rotatable bonds is 6. The number of aliphatic carboxylic acids is 1. The van der Waals surface area contributed by atoms with E-state index in [9.17, 15) is 4.79 Å². The SMILES string of the molecule is CC(C)CN(c1nccs1)C(CS)C(=O)O. The molecule has 0 fully saturated rings. The zero-order valence-electron chi connectivity index (χ0n) is 9.33. The third-order valence-corrected chi connectivity index (χ3v) is 3.22. The minimum absolute atomic E-state index is 0.279. The van der Waals surface area contributed by atoms with Crippen LogP contribution in [0, 0.1) is 5.92 Å². The average Bonchev–Trinajstić information content (AvgIpc) is 2.68. The Labute approximate surface area is 105 Å². The second-order valence-corrected chi connectivity index (χ2v) is 5.14. The molecule has 1 aromatic heterocycles. The summed E-state index contributed by atoms with van der Waals surface area (Å²) in [6.45, 7) is 4.78. The third kappa shape index (κ3) is 3.38. The molecule has 0 spiro atoms. The standard InChI is InChI=1S/C10H16N2O2S2/c1-7(2)5-12(8(6-15)9(13)14)10-11-3-4-16-10/h3-4,7-8,15H,5-6H2,1-2H3,(H,13,14). The molecule has 0 saturated carbocycles. The van der Waals surface area contributed by atoms with Crippen LogP contribution >= 0.6 is 24.0 Å². The molecule has 1 rings (SSSR count). The first-order valence-corrected chi connectivity index (χ1v) is 6.57. The van der Waals surface area contributed by atoms with Gasteiger partial charge in [0.1, 0.15) is 6.04 Å². The lowest BCUT2D eigenvalue weighted by molar-refractivity contribution is -0.138. The second kappa shape index (κ2) is 6.10. The molecule has 0 bridgehead atoms. The van der Waals surface area contributed by atoms with Crippen LogP contribution in [-0.2, 0) is 4.79 Å². The molecule has 6 heteroatoms. The van der Waals surface area contributed by atoms with Gasteiger partial charge in [-0.1, -0.05) is 13.8 Å². The maximum absolute atomic E-state index is 11.1. The van der Waals surface area contributed by atoms with Gasteiger partial charge in [-0.3, -0.25) is 0 Å². The van der Waals surface area contributed by atoms with E-state index in [0.29, 0.717) is 12.5 Å². The molecule has 0 aliphatic carbocycles. The van der Waals surface area contributed by atoms with Crippen LogP contribution in [0.1, 0.15) is 13.8 Å². The highest BCUT2D eigenvalue weighted by atomic mass is 32.1. The average molecular weight is 260 g/mol. The Hall–Kier alpha value is -0.750. The lowest BCUT2D eigenvalue weighted by atomic mass is 10.2. The van der Waals surface area contributed by atoms with E-state index in [4.69, 9.17) is 5.11 Å². The molecule has 1 heterocycles. The highest BCUT2D eigenvalue weighted by Crippen LogP contribution is 2.22. The van der Waals surface area contributed by atoms with E-state index in [1.807, 2.05) is 10.3 Å². The van der Waals surface area contributed by atoms with E-state index in [1.165, 1.54) is 11.3 Å². The first-order valence-electron chi connectivity index (χ1n) is 5.06. The summed E-state index contributed by atoms with van der Waals surface area (Å²) in [6, 6.07) is -0.614. The van der Waals surface area contributed by atoms with Crippen molar-refractivity contribution in [2.45, 2.75) is 19.9 Å². The molecule has 1 aromatic rings. The minimum Gasteiger partial charge on any atom is -0.480 e. The number of carboxylic acids is 1. The van der Waals surface area contributed by atoms with Crippen molar-refractivity contribution in [3.05, 3.63) is 11.6 Å². The van der Waals surface area contributed by atoms with Crippen molar-refractivity contribution >= 4 is 35.1 Å². The molecular weight excluding hydrogens is 244 g/mol. The Bertz CT molecular complexity index is 328. The highest BCUT2D eigenvalue weighted by molar-refractivity contribution is 7.80. The fourth-order valence-electron chi connectivity index (χ4n) is 1.40. The lowest BCUT2D eigenvalue weighted by Crippen LogP contribution is -2.44. The van der Waals surface area contributed by atoms with Crippen molar-refractivity contribution < 1.29 is 9.90 Å². The predicted molar refractivity (Wildman–Crippen MR) is 69.6 cm³/mol. The summed E-state index contributed by atoms with van der Waals surface area (Å²) in [6.07, 6.45) is 1.69. The minimum atomic E-state index is -0.856. The van der Waals surface area contributed by atoms with Crippen molar-refractivity contribution in [2.75, 3.05) is 17.2 Å². The summed E-state index contributed by atoms with van der Waals surface area (Å²) < 4.78 is 0. The van der Waals surface area contributed by atoms with Gasteiger partial charge in [0.05, 0.1) is 0 Å². The zero-order valence-corrected chi connectivity index (χ0v) is 11.0. The van der Waals surface area contributed by atoms with Crippen molar-refractivity contribution in [2.24, 2.45) is 5.92 Å². The molecule has 0 aliphatic heterocycles. The molecule has 4 nitrogen and oxygen atoms in total. The topological polar surface area (TPSA) is 53.4 Å². The van der Waals surface area contributed by atoms with Crippen molar-refractivity contribution in [1.29, 1.82) is 0 Å². The van der Waals surface area contributed by atoms with Gasteiger partial charge in [-0.15, -0.1) is 11.3 Å². The van der Waals surface area contributed by atoms with Crippen LogP contribution < -0.4 is 4.90 Å². The second-order valence-electron chi connectivity index (χ2n) is 3.90. The van der Waals surface area contributed by atoms with Gasteiger partial charge in [0, 0.05) is 23.9 Å². The number of thiol groups is 1. The molecule has 0 aromatic carbocycles. The molecule has 0 amide bonds. The summed E-state index contributed by atoms with van der Waals surface area (Å²) in [5, 5.41) is 11.7. The van der Waals surface area contributed by atoms with Gasteiger partial charge in [-0.25, -0.2) is 9.78 Å². The first-order chi connectivity index (χ1) is 7.56. The van der Waals surface area contributed by atoms with Gasteiger partial charge in [0.25, 0.3) is 0 Å². The van der Waals surface area contributed by atoms with Gasteiger partial charge in [0.15, 0.2) is 5.13 Å². The van der Waals surface area contributed by atoms with Crippen LogP contribution in [0.25, 0.3) is 0 Å². The Morgan fingerprint density at radius 3 is 2.75 bits per heavy atom. The molecule has 90 valence electrons. The number of carboxylic acid groups (broad SMARTS) is 1. The third-order valence-electron chi connectivity index (χ3n) is 2.06. The molecular formula is C10H16N2O2S2. The van der Waals surface area contributed by atoms with Crippen LogP contribution in [0.2, 0.25) is 0 Å². The molecule has 0 radical (unpaired) electrons. The fraction of sp³-hybridized carbons (Fsp3) is 0.600. The maximum Gasteiger partial charge on any atom is 0.327 e. The smallest absolute Gasteiger partial charge is 0.327 e. The number of nitrogens with zero attached hydrogens (tertiary/aromatic N) is 2. The summed E-state index contributed by atoms with van der Waals surface area (Å²) in [4.78, 5) is 17.1. The van der Waals surface area contributed by atoms with E-state index in [2.05, 4.69) is 31.5 Å². The Balaban J connectivity index is 2.90. The van der Waals surface area contributed by atoms with Crippen LogP contribution in [0.5, 0.6) is 0 Å². The van der Waals surface area contributed by atoms with Crippen LogP contribution in [0.3, 0.4) is 0 Å². The molecule has 16 heavy (non-hydrogen) atoms. The van der Waals surface area contributed by atoms with Gasteiger partial charge in [-0.05, 0) is 5.92 Å². The van der Waals surface area contributed by atoms with Crippen molar-refractivity contribution in [3.63, 3.8) is 0 Å². The van der Waals surface area contributed by atoms with E-state index >= 15 is 0 Å². The monoisotopic (exact) mass is 260 g/mol. The summed E-state index contributed by atoms with van der Waals surface area (Å²) in [5.74, 6) is -0.196. The molecule has 1 unspecified atom stereocenters.